The van der Waals surface area contributed by atoms with Crippen molar-refractivity contribution in [3.8, 4) is 0 Å². The first-order chi connectivity index (χ1) is 4.34. The monoisotopic (exact) mass is 126 g/mol. The van der Waals surface area contributed by atoms with Gasteiger partial charge in [0.2, 0.25) is 0 Å². The number of hydrogen-bond donors (Lipinski definition) is 2. The molecule has 1 aliphatic carbocycles. The fraction of sp³-hybridized carbons (Fsp3) is 0.714. The van der Waals surface area contributed by atoms with Gasteiger partial charge < -0.3 is 11.5 Å². The van der Waals surface area contributed by atoms with Crippen molar-refractivity contribution in [2.75, 3.05) is 6.54 Å². The standard InChI is InChI=1S/C7H14N2/c8-5-6-3-1-2-4-7(6)9/h4,6H,1-3,5,8-9H2. The lowest BCUT2D eigenvalue weighted by molar-refractivity contribution is 0.515. The minimum absolute atomic E-state index is 0.471. The lowest BCUT2D eigenvalue weighted by Gasteiger charge is -2.18. The molecule has 0 aromatic heterocycles. The number of rotatable bonds is 1. The molecule has 52 valence electrons. The van der Waals surface area contributed by atoms with Crippen LogP contribution >= 0.6 is 0 Å². The van der Waals surface area contributed by atoms with Crippen LogP contribution in [0, 0.1) is 5.92 Å². The van der Waals surface area contributed by atoms with Crippen LogP contribution in [-0.2, 0) is 0 Å². The van der Waals surface area contributed by atoms with Crippen LogP contribution in [-0.4, -0.2) is 6.54 Å². The van der Waals surface area contributed by atoms with E-state index in [4.69, 9.17) is 11.5 Å². The molecule has 0 fully saturated rings. The molecule has 4 N–H and O–H groups in total. The zero-order chi connectivity index (χ0) is 6.69. The van der Waals surface area contributed by atoms with Gasteiger partial charge in [-0.3, -0.25) is 0 Å². The summed E-state index contributed by atoms with van der Waals surface area (Å²) in [6.07, 6.45) is 5.67. The van der Waals surface area contributed by atoms with E-state index in [0.29, 0.717) is 12.5 Å². The SMILES string of the molecule is NCC1CCCC=C1N. The van der Waals surface area contributed by atoms with Crippen LogP contribution in [0.5, 0.6) is 0 Å². The lowest BCUT2D eigenvalue weighted by Crippen LogP contribution is -2.23. The van der Waals surface area contributed by atoms with Gasteiger partial charge in [0.05, 0.1) is 0 Å². The highest BCUT2D eigenvalue weighted by atomic mass is 14.7. The third-order valence-electron chi connectivity index (χ3n) is 1.89. The summed E-state index contributed by atoms with van der Waals surface area (Å²) in [5.41, 5.74) is 12.1. The summed E-state index contributed by atoms with van der Waals surface area (Å²) in [7, 11) is 0. The van der Waals surface area contributed by atoms with E-state index in [1.807, 2.05) is 0 Å². The van der Waals surface area contributed by atoms with E-state index in [-0.39, 0.29) is 0 Å². The highest BCUT2D eigenvalue weighted by Crippen LogP contribution is 2.19. The minimum atomic E-state index is 0.471. The second-order valence-corrected chi connectivity index (χ2v) is 2.57. The van der Waals surface area contributed by atoms with E-state index in [0.717, 1.165) is 12.1 Å². The Kier molecular flexibility index (Phi) is 2.11. The van der Waals surface area contributed by atoms with Crippen LogP contribution in [0.4, 0.5) is 0 Å². The summed E-state index contributed by atoms with van der Waals surface area (Å²) in [6, 6.07) is 0. The van der Waals surface area contributed by atoms with Crippen LogP contribution in [0.15, 0.2) is 11.8 Å². The fourth-order valence-corrected chi connectivity index (χ4v) is 1.22. The van der Waals surface area contributed by atoms with Gasteiger partial charge in [0.15, 0.2) is 0 Å². The molecule has 0 amide bonds. The molecule has 0 bridgehead atoms. The first-order valence-corrected chi connectivity index (χ1v) is 3.50. The fourth-order valence-electron chi connectivity index (χ4n) is 1.22. The highest BCUT2D eigenvalue weighted by Gasteiger charge is 2.11. The van der Waals surface area contributed by atoms with Crippen molar-refractivity contribution in [3.63, 3.8) is 0 Å². The molecule has 2 heteroatoms. The predicted octanol–water partition coefficient (Wildman–Crippen LogP) is 0.588. The highest BCUT2D eigenvalue weighted by molar-refractivity contribution is 5.05. The van der Waals surface area contributed by atoms with Gasteiger partial charge in [-0.2, -0.15) is 0 Å². The van der Waals surface area contributed by atoms with Gasteiger partial charge in [-0.1, -0.05) is 6.08 Å². The smallest absolute Gasteiger partial charge is 0.0104 e. The van der Waals surface area contributed by atoms with Crippen LogP contribution in [0.3, 0.4) is 0 Å². The Morgan fingerprint density at radius 2 is 2.44 bits per heavy atom. The summed E-state index contributed by atoms with van der Waals surface area (Å²) in [4.78, 5) is 0. The minimum Gasteiger partial charge on any atom is -0.402 e. The van der Waals surface area contributed by atoms with Crippen LogP contribution in [0.25, 0.3) is 0 Å². The second kappa shape index (κ2) is 2.87. The van der Waals surface area contributed by atoms with Crippen molar-refractivity contribution in [2.45, 2.75) is 19.3 Å². The summed E-state index contributed by atoms with van der Waals surface area (Å²) < 4.78 is 0. The quantitative estimate of drug-likeness (QED) is 0.540. The second-order valence-electron chi connectivity index (χ2n) is 2.57. The zero-order valence-corrected chi connectivity index (χ0v) is 5.64. The van der Waals surface area contributed by atoms with Crippen molar-refractivity contribution >= 4 is 0 Å². The van der Waals surface area contributed by atoms with Gasteiger partial charge in [-0.05, 0) is 19.3 Å². The molecule has 1 atom stereocenters. The van der Waals surface area contributed by atoms with Crippen LogP contribution < -0.4 is 11.5 Å². The van der Waals surface area contributed by atoms with E-state index in [1.54, 1.807) is 0 Å². The van der Waals surface area contributed by atoms with Gasteiger partial charge in [-0.15, -0.1) is 0 Å². The van der Waals surface area contributed by atoms with Crippen molar-refractivity contribution in [2.24, 2.45) is 17.4 Å². The lowest BCUT2D eigenvalue weighted by atomic mass is 9.93. The molecule has 0 aromatic carbocycles. The molecule has 0 saturated heterocycles. The summed E-state index contributed by atoms with van der Waals surface area (Å²) in [6.45, 7) is 0.711. The van der Waals surface area contributed by atoms with E-state index < -0.39 is 0 Å². The van der Waals surface area contributed by atoms with Gasteiger partial charge in [0.1, 0.15) is 0 Å². The zero-order valence-electron chi connectivity index (χ0n) is 5.64. The molecule has 0 saturated carbocycles. The normalized spacial score (nSPS) is 27.7. The number of allylic oxidation sites excluding steroid dienone is 1. The maximum atomic E-state index is 5.67. The molecule has 0 heterocycles. The van der Waals surface area contributed by atoms with Gasteiger partial charge in [0.25, 0.3) is 0 Å². The first kappa shape index (κ1) is 6.62. The van der Waals surface area contributed by atoms with Crippen molar-refractivity contribution in [1.29, 1.82) is 0 Å². The van der Waals surface area contributed by atoms with Crippen molar-refractivity contribution < 1.29 is 0 Å². The van der Waals surface area contributed by atoms with E-state index in [1.165, 1.54) is 12.8 Å². The number of nitrogens with two attached hydrogens (primary N) is 2. The van der Waals surface area contributed by atoms with Crippen molar-refractivity contribution in [1.82, 2.24) is 0 Å². The average Bonchev–Trinajstić information content (AvgIpc) is 1.89. The van der Waals surface area contributed by atoms with Crippen LogP contribution in [0.2, 0.25) is 0 Å². The first-order valence-electron chi connectivity index (χ1n) is 3.50. The van der Waals surface area contributed by atoms with E-state index in [2.05, 4.69) is 6.08 Å². The molecule has 0 spiro atoms. The molecular formula is C7H14N2. The average molecular weight is 126 g/mol. The Morgan fingerprint density at radius 3 is 2.89 bits per heavy atom. The van der Waals surface area contributed by atoms with E-state index in [9.17, 15) is 0 Å². The topological polar surface area (TPSA) is 52.0 Å². The molecule has 1 rings (SSSR count). The molecule has 2 nitrogen and oxygen atoms in total. The Bertz CT molecular complexity index is 118. The largest absolute Gasteiger partial charge is 0.402 e. The van der Waals surface area contributed by atoms with Crippen molar-refractivity contribution in [3.05, 3.63) is 11.8 Å². The molecular weight excluding hydrogens is 112 g/mol. The molecule has 1 aliphatic rings. The van der Waals surface area contributed by atoms with Crippen LogP contribution in [0.1, 0.15) is 19.3 Å². The van der Waals surface area contributed by atoms with E-state index >= 15 is 0 Å². The molecule has 9 heavy (non-hydrogen) atoms. The van der Waals surface area contributed by atoms with Gasteiger partial charge in [0, 0.05) is 18.2 Å². The Morgan fingerprint density at radius 1 is 1.67 bits per heavy atom. The molecule has 0 aliphatic heterocycles. The van der Waals surface area contributed by atoms with Gasteiger partial charge >= 0.3 is 0 Å². The third kappa shape index (κ3) is 1.45. The predicted molar refractivity (Wildman–Crippen MR) is 38.7 cm³/mol. The molecule has 0 radical (unpaired) electrons. The summed E-state index contributed by atoms with van der Waals surface area (Å²) in [5.74, 6) is 0.471. The molecule has 0 aromatic rings. The Hall–Kier alpha value is -0.500. The Balaban J connectivity index is 2.50. The maximum absolute atomic E-state index is 5.67. The number of hydrogen-bond acceptors (Lipinski definition) is 2. The summed E-state index contributed by atoms with van der Waals surface area (Å²) in [5, 5.41) is 0. The Labute approximate surface area is 55.9 Å². The third-order valence-corrected chi connectivity index (χ3v) is 1.89. The maximum Gasteiger partial charge on any atom is 0.0104 e. The summed E-state index contributed by atoms with van der Waals surface area (Å²) >= 11 is 0. The van der Waals surface area contributed by atoms with Gasteiger partial charge in [-0.25, -0.2) is 0 Å². The molecule has 1 unspecified atom stereocenters.